The fourth-order valence-corrected chi connectivity index (χ4v) is 6.32. The number of halogens is 2. The first kappa shape index (κ1) is 35.1. The van der Waals surface area contributed by atoms with Crippen LogP contribution in [0.2, 0.25) is 0 Å². The molecule has 1 aliphatic carbocycles. The van der Waals surface area contributed by atoms with Crippen molar-refractivity contribution in [2.45, 2.75) is 142 Å². The molecule has 43 heavy (non-hydrogen) atoms. The summed E-state index contributed by atoms with van der Waals surface area (Å²) in [6, 6.07) is 9.55. The molecule has 0 aromatic heterocycles. The minimum absolute atomic E-state index is 0.264. The molecule has 3 rings (SSSR count). The number of carbonyl (C=O) groups is 1. The molecule has 5 heteroatoms. The van der Waals surface area contributed by atoms with Gasteiger partial charge in [0.05, 0.1) is 12.2 Å². The van der Waals surface area contributed by atoms with Gasteiger partial charge in [0.25, 0.3) is 0 Å². The van der Waals surface area contributed by atoms with Crippen LogP contribution in [0.1, 0.15) is 152 Å². The van der Waals surface area contributed by atoms with Crippen molar-refractivity contribution in [3.63, 3.8) is 0 Å². The molecule has 2 aromatic carbocycles. The van der Waals surface area contributed by atoms with Gasteiger partial charge in [0, 0.05) is 0 Å². The van der Waals surface area contributed by atoms with Gasteiger partial charge in [-0.05, 0) is 67.0 Å². The minimum Gasteiger partial charge on any atom is -0.494 e. The molecular weight excluding hydrogens is 542 g/mol. The number of hydrogen-bond donors (Lipinski definition) is 0. The number of unbranched alkanes of at least 4 members (excludes halogenated alkanes) is 11. The van der Waals surface area contributed by atoms with Crippen molar-refractivity contribution in [2.75, 3.05) is 6.61 Å². The zero-order chi connectivity index (χ0) is 30.7. The van der Waals surface area contributed by atoms with Crippen molar-refractivity contribution in [3.05, 3.63) is 59.2 Å². The van der Waals surface area contributed by atoms with Crippen molar-refractivity contribution in [1.29, 1.82) is 0 Å². The molecule has 0 saturated heterocycles. The maximum absolute atomic E-state index is 14.9. The predicted octanol–water partition coefficient (Wildman–Crippen LogP) is 11.8. The maximum Gasteiger partial charge on any atom is 0.343 e. The Hall–Kier alpha value is -2.43. The van der Waals surface area contributed by atoms with E-state index in [1.54, 1.807) is 30.3 Å². The normalized spacial score (nSPS) is 16.7. The third-order valence-electron chi connectivity index (χ3n) is 9.19. The highest BCUT2D eigenvalue weighted by atomic mass is 19.2. The van der Waals surface area contributed by atoms with Gasteiger partial charge in [-0.3, -0.25) is 0 Å². The van der Waals surface area contributed by atoms with E-state index in [0.29, 0.717) is 30.3 Å². The van der Waals surface area contributed by atoms with E-state index in [0.717, 1.165) is 25.2 Å². The predicted molar refractivity (Wildman–Crippen MR) is 173 cm³/mol. The molecule has 0 N–H and O–H groups in total. The Morgan fingerprint density at radius 2 is 1.23 bits per heavy atom. The lowest BCUT2D eigenvalue weighted by Gasteiger charge is -2.28. The Kier molecular flexibility index (Phi) is 16.7. The fraction of sp³-hybridized carbons (Fsp3) is 0.658. The van der Waals surface area contributed by atoms with Crippen LogP contribution in [-0.4, -0.2) is 12.6 Å². The van der Waals surface area contributed by atoms with Crippen LogP contribution in [0, 0.1) is 23.5 Å². The summed E-state index contributed by atoms with van der Waals surface area (Å²) in [5.41, 5.74) is 0.617. The summed E-state index contributed by atoms with van der Waals surface area (Å²) in [5.74, 6) is -1.01. The first-order valence-electron chi connectivity index (χ1n) is 17.4. The van der Waals surface area contributed by atoms with Gasteiger partial charge in [-0.2, -0.15) is 4.39 Å². The lowest BCUT2D eigenvalue weighted by Crippen LogP contribution is -2.15. The van der Waals surface area contributed by atoms with Crippen LogP contribution < -0.4 is 9.47 Å². The Labute approximate surface area is 260 Å². The van der Waals surface area contributed by atoms with Gasteiger partial charge >= 0.3 is 5.97 Å². The number of carbonyl (C=O) groups excluding carboxylic acids is 1. The molecule has 3 nitrogen and oxygen atoms in total. The average Bonchev–Trinajstić information content (AvgIpc) is 3.03. The second kappa shape index (κ2) is 20.5. The summed E-state index contributed by atoms with van der Waals surface area (Å²) in [7, 11) is 0. The van der Waals surface area contributed by atoms with E-state index < -0.39 is 17.6 Å². The molecule has 0 amide bonds. The average molecular weight is 599 g/mol. The van der Waals surface area contributed by atoms with Crippen LogP contribution in [0.4, 0.5) is 8.78 Å². The Morgan fingerprint density at radius 1 is 0.674 bits per heavy atom. The lowest BCUT2D eigenvalue weighted by atomic mass is 9.78. The lowest BCUT2D eigenvalue weighted by molar-refractivity contribution is 0.0726. The highest BCUT2D eigenvalue weighted by molar-refractivity contribution is 5.91. The number of benzene rings is 2. The Bertz CT molecular complexity index is 1040. The highest BCUT2D eigenvalue weighted by Gasteiger charge is 2.23. The van der Waals surface area contributed by atoms with Gasteiger partial charge in [0.2, 0.25) is 5.82 Å². The molecule has 240 valence electrons. The van der Waals surface area contributed by atoms with Gasteiger partial charge in [0.15, 0.2) is 11.6 Å². The summed E-state index contributed by atoms with van der Waals surface area (Å²) in [5, 5.41) is 0. The monoisotopic (exact) mass is 598 g/mol. The Balaban J connectivity index is 1.34. The van der Waals surface area contributed by atoms with E-state index in [1.807, 2.05) is 0 Å². The number of hydrogen-bond acceptors (Lipinski definition) is 3. The summed E-state index contributed by atoms with van der Waals surface area (Å²) in [4.78, 5) is 12.6. The summed E-state index contributed by atoms with van der Waals surface area (Å²) >= 11 is 0. The summed E-state index contributed by atoms with van der Waals surface area (Å²) in [6.07, 6.45) is 24.2. The SMILES string of the molecule is CCCCCCCCCCCCOc1ccc(C(=O)Oc2ccc(CCC3CCC(CCCCC)CC3)c(F)c2F)cc1. The van der Waals surface area contributed by atoms with Crippen LogP contribution in [0.5, 0.6) is 11.5 Å². The molecule has 0 radical (unpaired) electrons. The second-order valence-electron chi connectivity index (χ2n) is 12.7. The van der Waals surface area contributed by atoms with Gasteiger partial charge in [-0.15, -0.1) is 0 Å². The molecule has 1 fully saturated rings. The van der Waals surface area contributed by atoms with E-state index in [9.17, 15) is 13.6 Å². The van der Waals surface area contributed by atoms with Crippen molar-refractivity contribution >= 4 is 5.97 Å². The number of esters is 1. The third-order valence-corrected chi connectivity index (χ3v) is 9.19. The second-order valence-corrected chi connectivity index (χ2v) is 12.7. The molecule has 0 bridgehead atoms. The highest BCUT2D eigenvalue weighted by Crippen LogP contribution is 2.35. The third kappa shape index (κ3) is 13.0. The van der Waals surface area contributed by atoms with Gasteiger partial charge < -0.3 is 9.47 Å². The summed E-state index contributed by atoms with van der Waals surface area (Å²) in [6.45, 7) is 5.12. The van der Waals surface area contributed by atoms with E-state index >= 15 is 0 Å². The van der Waals surface area contributed by atoms with E-state index in [1.165, 1.54) is 109 Å². The molecule has 0 atom stereocenters. The van der Waals surface area contributed by atoms with Crippen molar-refractivity contribution in [3.8, 4) is 11.5 Å². The van der Waals surface area contributed by atoms with E-state index in [4.69, 9.17) is 9.47 Å². The number of ether oxygens (including phenoxy) is 2. The Morgan fingerprint density at radius 3 is 1.86 bits per heavy atom. The molecule has 2 aromatic rings. The van der Waals surface area contributed by atoms with Crippen molar-refractivity contribution in [2.24, 2.45) is 11.8 Å². The van der Waals surface area contributed by atoms with E-state index in [-0.39, 0.29) is 11.3 Å². The zero-order valence-corrected chi connectivity index (χ0v) is 26.9. The maximum atomic E-state index is 14.9. The first-order chi connectivity index (χ1) is 21.0. The van der Waals surface area contributed by atoms with Gasteiger partial charge in [0.1, 0.15) is 5.75 Å². The van der Waals surface area contributed by atoms with Crippen molar-refractivity contribution < 1.29 is 23.0 Å². The first-order valence-corrected chi connectivity index (χ1v) is 17.4. The quantitative estimate of drug-likeness (QED) is 0.0814. The molecule has 0 spiro atoms. The molecule has 0 aliphatic heterocycles. The molecule has 0 unspecified atom stereocenters. The van der Waals surface area contributed by atoms with Crippen LogP contribution in [-0.2, 0) is 6.42 Å². The van der Waals surface area contributed by atoms with Crippen LogP contribution >= 0.6 is 0 Å². The standard InChI is InChI=1S/C38H56F2O3/c1-3-5-7-8-9-10-11-12-13-15-29-42-34-26-23-33(24-27-34)38(41)43-35-28-25-32(36(39)37(35)40)22-21-31-19-17-30(18-20-31)16-14-6-4-2/h23-28,30-31H,3-22,29H2,1-2H3. The summed E-state index contributed by atoms with van der Waals surface area (Å²) < 4.78 is 40.7. The number of aryl methyl sites for hydroxylation is 1. The molecule has 0 heterocycles. The number of rotatable bonds is 21. The molecule has 1 saturated carbocycles. The minimum atomic E-state index is -1.10. The molecular formula is C38H56F2O3. The topological polar surface area (TPSA) is 35.5 Å². The van der Waals surface area contributed by atoms with Crippen molar-refractivity contribution in [1.82, 2.24) is 0 Å². The van der Waals surface area contributed by atoms with Gasteiger partial charge in [-0.1, -0.05) is 129 Å². The largest absolute Gasteiger partial charge is 0.494 e. The van der Waals surface area contributed by atoms with Crippen LogP contribution in [0.3, 0.4) is 0 Å². The van der Waals surface area contributed by atoms with Gasteiger partial charge in [-0.25, -0.2) is 9.18 Å². The zero-order valence-electron chi connectivity index (χ0n) is 26.9. The fourth-order valence-electron chi connectivity index (χ4n) is 6.32. The van der Waals surface area contributed by atoms with Crippen LogP contribution in [0.15, 0.2) is 36.4 Å². The van der Waals surface area contributed by atoms with Crippen LogP contribution in [0.25, 0.3) is 0 Å². The molecule has 1 aliphatic rings. The smallest absolute Gasteiger partial charge is 0.343 e. The van der Waals surface area contributed by atoms with E-state index in [2.05, 4.69) is 13.8 Å².